The van der Waals surface area contributed by atoms with Crippen molar-refractivity contribution in [3.05, 3.63) is 65.4 Å². The molecule has 1 aliphatic rings. The van der Waals surface area contributed by atoms with Crippen LogP contribution in [0.15, 0.2) is 58.5 Å². The zero-order chi connectivity index (χ0) is 26.6. The van der Waals surface area contributed by atoms with Crippen LogP contribution in [-0.2, 0) is 0 Å². The normalized spacial score (nSPS) is 16.0. The number of fused-ring (bicyclic) bond motifs is 1. The van der Waals surface area contributed by atoms with Gasteiger partial charge in [0, 0.05) is 47.6 Å². The maximum atomic E-state index is 13.4. The minimum atomic E-state index is -0.476. The molecule has 0 bridgehead atoms. The molecule has 38 heavy (non-hydrogen) atoms. The van der Waals surface area contributed by atoms with Crippen LogP contribution in [0.4, 0.5) is 4.39 Å². The molecule has 1 saturated heterocycles. The number of aliphatic imine (C=N–C) groups is 1. The van der Waals surface area contributed by atoms with Crippen LogP contribution in [0.1, 0.15) is 44.1 Å². The van der Waals surface area contributed by atoms with E-state index in [0.717, 1.165) is 29.5 Å². The largest absolute Gasteiger partial charge is 0.482 e. The Labute approximate surface area is 223 Å². The molecular weight excluding hydrogens is 505 g/mol. The van der Waals surface area contributed by atoms with Gasteiger partial charge in [0.25, 0.3) is 0 Å². The Bertz CT molecular complexity index is 1510. The van der Waals surface area contributed by atoms with E-state index in [4.69, 9.17) is 20.8 Å². The molecule has 0 aromatic carbocycles. The van der Waals surface area contributed by atoms with Crippen molar-refractivity contribution in [3.8, 4) is 23.1 Å². The molecule has 4 aromatic rings. The third-order valence-corrected chi connectivity index (χ3v) is 7.10. The van der Waals surface area contributed by atoms with Crippen molar-refractivity contribution in [2.24, 2.45) is 15.9 Å². The number of piperidine rings is 1. The number of nitrogens with two attached hydrogens (primary N) is 1. The summed E-state index contributed by atoms with van der Waals surface area (Å²) in [4.78, 5) is 10.8. The summed E-state index contributed by atoms with van der Waals surface area (Å²) in [6.45, 7) is 5.09. The highest BCUT2D eigenvalue weighted by Gasteiger charge is 2.22. The highest BCUT2D eigenvalue weighted by molar-refractivity contribution is 7.03. The quantitative estimate of drug-likeness (QED) is 0.164. The van der Waals surface area contributed by atoms with Crippen molar-refractivity contribution >= 4 is 28.5 Å². The molecule has 10 nitrogen and oxygen atoms in total. The molecular formula is C26H26FN9OS. The zero-order valence-electron chi connectivity index (χ0n) is 21.0. The number of aromatic nitrogens is 4. The Hall–Kier alpha value is -4.37. The number of likely N-dealkylation sites (tertiary alicyclic amines) is 1. The molecule has 0 amide bonds. The van der Waals surface area contributed by atoms with Crippen molar-refractivity contribution in [1.82, 2.24) is 23.9 Å². The number of pyridine rings is 2. The van der Waals surface area contributed by atoms with E-state index >= 15 is 0 Å². The summed E-state index contributed by atoms with van der Waals surface area (Å²) in [5.74, 6) is 6.00. The monoisotopic (exact) mass is 531 g/mol. The van der Waals surface area contributed by atoms with Gasteiger partial charge in [-0.2, -0.15) is 15.5 Å². The van der Waals surface area contributed by atoms with Gasteiger partial charge in [-0.1, -0.05) is 0 Å². The van der Waals surface area contributed by atoms with E-state index in [2.05, 4.69) is 25.8 Å². The van der Waals surface area contributed by atoms with Gasteiger partial charge in [-0.25, -0.2) is 13.3 Å². The summed E-state index contributed by atoms with van der Waals surface area (Å²) in [5.41, 5.74) is 5.00. The highest BCUT2D eigenvalue weighted by Crippen LogP contribution is 2.35. The van der Waals surface area contributed by atoms with Crippen LogP contribution in [0.2, 0.25) is 0 Å². The SMILES string of the molecule is CC(=NC1CCN(C#N)CC1)/C(=N\N)c1cc(OC(C)c2ccc(F)cn2)c2c(-c3cnsc3)cnn2c1. The van der Waals surface area contributed by atoms with Crippen molar-refractivity contribution < 1.29 is 9.13 Å². The van der Waals surface area contributed by atoms with Crippen LogP contribution in [0, 0.1) is 17.3 Å². The van der Waals surface area contributed by atoms with Crippen LogP contribution in [0.25, 0.3) is 16.6 Å². The molecule has 1 fully saturated rings. The minimum absolute atomic E-state index is 0.0859. The molecule has 1 unspecified atom stereocenters. The summed E-state index contributed by atoms with van der Waals surface area (Å²) in [5, 5.41) is 19.7. The maximum absolute atomic E-state index is 13.4. The van der Waals surface area contributed by atoms with Gasteiger partial charge in [0.2, 0.25) is 0 Å². The fraction of sp³-hybridized carbons (Fsp3) is 0.308. The molecule has 0 aliphatic carbocycles. The molecule has 12 heteroatoms. The minimum Gasteiger partial charge on any atom is -0.482 e. The summed E-state index contributed by atoms with van der Waals surface area (Å²) < 4.78 is 25.8. The van der Waals surface area contributed by atoms with Crippen LogP contribution in [0.3, 0.4) is 0 Å². The first-order valence-electron chi connectivity index (χ1n) is 12.1. The molecule has 4 aromatic heterocycles. The van der Waals surface area contributed by atoms with Crippen molar-refractivity contribution in [2.45, 2.75) is 38.8 Å². The Balaban J connectivity index is 1.53. The number of hydrazone groups is 1. The number of halogens is 1. The number of hydrogen-bond acceptors (Lipinski definition) is 10. The molecule has 1 aliphatic heterocycles. The molecule has 5 heterocycles. The van der Waals surface area contributed by atoms with Crippen molar-refractivity contribution in [2.75, 3.05) is 13.1 Å². The van der Waals surface area contributed by atoms with Gasteiger partial charge in [-0.15, -0.1) is 0 Å². The second-order valence-corrected chi connectivity index (χ2v) is 9.69. The lowest BCUT2D eigenvalue weighted by molar-refractivity contribution is 0.223. The van der Waals surface area contributed by atoms with Gasteiger partial charge in [-0.3, -0.25) is 9.98 Å². The van der Waals surface area contributed by atoms with Gasteiger partial charge < -0.3 is 15.5 Å². The lowest BCUT2D eigenvalue weighted by Crippen LogP contribution is -2.32. The molecule has 1 atom stereocenters. The average molecular weight is 532 g/mol. The number of hydrogen-bond donors (Lipinski definition) is 1. The highest BCUT2D eigenvalue weighted by atomic mass is 32.1. The number of nitrogens with zero attached hydrogens (tertiary/aromatic N) is 8. The zero-order valence-corrected chi connectivity index (χ0v) is 21.8. The number of rotatable bonds is 7. The first-order valence-corrected chi connectivity index (χ1v) is 13.0. The van der Waals surface area contributed by atoms with Gasteiger partial charge in [-0.05, 0) is 56.4 Å². The van der Waals surface area contributed by atoms with E-state index in [0.29, 0.717) is 41.5 Å². The molecule has 194 valence electrons. The number of nitriles is 1. The smallest absolute Gasteiger partial charge is 0.179 e. The average Bonchev–Trinajstić information content (AvgIpc) is 3.60. The molecule has 2 N–H and O–H groups in total. The Morgan fingerprint density at radius 1 is 1.29 bits per heavy atom. The fourth-order valence-electron chi connectivity index (χ4n) is 4.54. The summed E-state index contributed by atoms with van der Waals surface area (Å²) in [6.07, 6.45) is 9.85. The standard InChI is InChI=1S/C26H26FN9OS/c1-16(33-21-5-7-35(15-28)8-6-21)25(34-29)18-9-24(37-17(2)23-4-3-20(27)11-30-23)26-22(12-31-36(26)13-18)19-10-32-38-14-19/h3-4,9-14,17,21H,5-8,29H2,1-2H3/b33-16?,34-25+. The molecule has 5 rings (SSSR count). The van der Waals surface area contributed by atoms with Crippen LogP contribution < -0.4 is 10.6 Å². The third-order valence-electron chi connectivity index (χ3n) is 6.52. The first-order chi connectivity index (χ1) is 18.5. The second kappa shape index (κ2) is 10.9. The molecule has 0 spiro atoms. The predicted molar refractivity (Wildman–Crippen MR) is 144 cm³/mol. The van der Waals surface area contributed by atoms with E-state index in [1.165, 1.54) is 23.8 Å². The molecule has 0 radical (unpaired) electrons. The van der Waals surface area contributed by atoms with E-state index in [1.807, 2.05) is 31.5 Å². The van der Waals surface area contributed by atoms with E-state index in [1.54, 1.807) is 27.9 Å². The maximum Gasteiger partial charge on any atom is 0.179 e. The van der Waals surface area contributed by atoms with Crippen LogP contribution >= 0.6 is 11.5 Å². The summed E-state index contributed by atoms with van der Waals surface area (Å²) in [6, 6.07) is 4.91. The lowest BCUT2D eigenvalue weighted by atomic mass is 10.0. The second-order valence-electron chi connectivity index (χ2n) is 9.03. The van der Waals surface area contributed by atoms with Crippen LogP contribution in [0.5, 0.6) is 5.75 Å². The number of ether oxygens (including phenoxy) is 1. The summed E-state index contributed by atoms with van der Waals surface area (Å²) >= 11 is 1.35. The van der Waals surface area contributed by atoms with Gasteiger partial charge in [0.1, 0.15) is 28.9 Å². The Morgan fingerprint density at radius 3 is 2.76 bits per heavy atom. The van der Waals surface area contributed by atoms with Gasteiger partial charge in [0.05, 0.1) is 29.8 Å². The Morgan fingerprint density at radius 2 is 2.11 bits per heavy atom. The summed E-state index contributed by atoms with van der Waals surface area (Å²) in [7, 11) is 0. The van der Waals surface area contributed by atoms with E-state index in [-0.39, 0.29) is 6.04 Å². The van der Waals surface area contributed by atoms with Crippen molar-refractivity contribution in [3.63, 3.8) is 0 Å². The van der Waals surface area contributed by atoms with Crippen molar-refractivity contribution in [1.29, 1.82) is 5.26 Å². The van der Waals surface area contributed by atoms with Gasteiger partial charge >= 0.3 is 0 Å². The first kappa shape index (κ1) is 25.3. The van der Waals surface area contributed by atoms with Crippen LogP contribution in [-0.4, -0.2) is 54.4 Å². The Kier molecular flexibility index (Phi) is 7.28. The fourth-order valence-corrected chi connectivity index (χ4v) is 5.07. The van der Waals surface area contributed by atoms with E-state index in [9.17, 15) is 4.39 Å². The molecule has 0 saturated carbocycles. The van der Waals surface area contributed by atoms with E-state index < -0.39 is 11.9 Å². The third kappa shape index (κ3) is 5.19. The van der Waals surface area contributed by atoms with Gasteiger partial charge in [0.15, 0.2) is 6.19 Å². The predicted octanol–water partition coefficient (Wildman–Crippen LogP) is 4.20. The lowest BCUT2D eigenvalue weighted by Gasteiger charge is -2.26. The topological polar surface area (TPSA) is 130 Å².